The normalized spacial score (nSPS) is 16.9. The van der Waals surface area contributed by atoms with Crippen LogP contribution in [0.3, 0.4) is 0 Å². The predicted octanol–water partition coefficient (Wildman–Crippen LogP) is 2.13. The molecule has 1 aromatic carbocycles. The fourth-order valence-electron chi connectivity index (χ4n) is 2.37. The first-order chi connectivity index (χ1) is 9.68. The Kier molecular flexibility index (Phi) is 5.35. The summed E-state index contributed by atoms with van der Waals surface area (Å²) in [5.74, 6) is 0.805. The van der Waals surface area contributed by atoms with Gasteiger partial charge in [0.15, 0.2) is 0 Å². The second-order valence-corrected chi connectivity index (χ2v) is 5.47. The van der Waals surface area contributed by atoms with Gasteiger partial charge in [0.2, 0.25) is 5.91 Å². The molecule has 108 valence electrons. The maximum atomic E-state index is 12.2. The van der Waals surface area contributed by atoms with Crippen LogP contribution in [0.25, 0.3) is 0 Å². The number of hydrogen-bond acceptors (Lipinski definition) is 3. The van der Waals surface area contributed by atoms with Gasteiger partial charge in [0, 0.05) is 12.1 Å². The first-order valence-corrected chi connectivity index (χ1v) is 7.37. The van der Waals surface area contributed by atoms with Crippen LogP contribution in [0.15, 0.2) is 24.3 Å². The molecule has 1 heterocycles. The highest BCUT2D eigenvalue weighted by atomic mass is 32.1. The van der Waals surface area contributed by atoms with E-state index in [2.05, 4.69) is 5.32 Å². The summed E-state index contributed by atoms with van der Waals surface area (Å²) in [5, 5.41) is 2.99. The minimum atomic E-state index is -0.101. The number of carbonyl (C=O) groups excluding carboxylic acids is 1. The van der Waals surface area contributed by atoms with Crippen molar-refractivity contribution < 1.29 is 9.53 Å². The van der Waals surface area contributed by atoms with E-state index >= 15 is 0 Å². The Balaban J connectivity index is 1.83. The number of ether oxygens (including phenoxy) is 1. The third-order valence-corrected chi connectivity index (χ3v) is 3.63. The van der Waals surface area contributed by atoms with Gasteiger partial charge in [0.1, 0.15) is 5.75 Å². The van der Waals surface area contributed by atoms with Crippen LogP contribution in [-0.2, 0) is 4.79 Å². The largest absolute Gasteiger partial charge is 0.493 e. The summed E-state index contributed by atoms with van der Waals surface area (Å²) >= 11 is 4.82. The van der Waals surface area contributed by atoms with Gasteiger partial charge in [-0.15, -0.1) is 0 Å². The highest BCUT2D eigenvalue weighted by Gasteiger charge is 2.26. The molecule has 1 atom stereocenters. The minimum absolute atomic E-state index is 0.0797. The van der Waals surface area contributed by atoms with Gasteiger partial charge in [-0.05, 0) is 31.7 Å². The first-order valence-electron chi connectivity index (χ1n) is 6.96. The highest BCUT2D eigenvalue weighted by molar-refractivity contribution is 7.80. The number of unbranched alkanes of at least 4 members (excludes halogenated alkanes) is 1. The molecule has 0 fully saturated rings. The Hall–Kier alpha value is -1.62. The van der Waals surface area contributed by atoms with Crippen molar-refractivity contribution in [2.45, 2.75) is 31.6 Å². The monoisotopic (exact) mass is 292 g/mol. The smallest absolute Gasteiger partial charge is 0.227 e. The summed E-state index contributed by atoms with van der Waals surface area (Å²) in [6.07, 6.45) is 3.29. The van der Waals surface area contributed by atoms with Gasteiger partial charge in [-0.3, -0.25) is 4.79 Å². The number of amides is 1. The SMILES string of the molecule is NC(=S)CCCCNC(=O)C1CCOc2ccccc21. The predicted molar refractivity (Wildman–Crippen MR) is 82.9 cm³/mol. The summed E-state index contributed by atoms with van der Waals surface area (Å²) in [5.41, 5.74) is 6.42. The maximum Gasteiger partial charge on any atom is 0.227 e. The van der Waals surface area contributed by atoms with E-state index in [-0.39, 0.29) is 11.8 Å². The Bertz CT molecular complexity index is 491. The zero-order chi connectivity index (χ0) is 14.4. The number of hydrogen-bond donors (Lipinski definition) is 2. The maximum absolute atomic E-state index is 12.2. The lowest BCUT2D eigenvalue weighted by atomic mass is 9.92. The number of nitrogens with two attached hydrogens (primary N) is 1. The Morgan fingerprint density at radius 1 is 1.40 bits per heavy atom. The molecule has 1 amide bonds. The first kappa shape index (κ1) is 14.8. The lowest BCUT2D eigenvalue weighted by molar-refractivity contribution is -0.123. The Labute approximate surface area is 124 Å². The van der Waals surface area contributed by atoms with Crippen LogP contribution in [0.2, 0.25) is 0 Å². The molecule has 1 aromatic rings. The van der Waals surface area contributed by atoms with Crippen molar-refractivity contribution in [1.82, 2.24) is 5.32 Å². The number of rotatable bonds is 6. The summed E-state index contributed by atoms with van der Waals surface area (Å²) in [4.78, 5) is 12.8. The molecule has 1 aliphatic heterocycles. The number of carbonyl (C=O) groups is 1. The van der Waals surface area contributed by atoms with Crippen molar-refractivity contribution in [3.63, 3.8) is 0 Å². The standard InChI is InChI=1S/C15H20N2O2S/c16-14(20)7-3-4-9-17-15(18)12-8-10-19-13-6-2-1-5-11(12)13/h1-2,5-6,12H,3-4,7-10H2,(H2,16,20)(H,17,18). The third-order valence-electron chi connectivity index (χ3n) is 3.42. The zero-order valence-corrected chi connectivity index (χ0v) is 12.2. The van der Waals surface area contributed by atoms with E-state index in [1.807, 2.05) is 24.3 Å². The van der Waals surface area contributed by atoms with Gasteiger partial charge in [0.05, 0.1) is 17.5 Å². The van der Waals surface area contributed by atoms with E-state index in [1.165, 1.54) is 0 Å². The van der Waals surface area contributed by atoms with E-state index in [9.17, 15) is 4.79 Å². The van der Waals surface area contributed by atoms with Crippen molar-refractivity contribution >= 4 is 23.1 Å². The van der Waals surface area contributed by atoms with Crippen molar-refractivity contribution in [1.29, 1.82) is 0 Å². The minimum Gasteiger partial charge on any atom is -0.493 e. The molecule has 20 heavy (non-hydrogen) atoms. The van der Waals surface area contributed by atoms with E-state index in [1.54, 1.807) is 0 Å². The van der Waals surface area contributed by atoms with Crippen molar-refractivity contribution in [3.8, 4) is 5.75 Å². The quantitative estimate of drug-likeness (QED) is 0.623. The highest BCUT2D eigenvalue weighted by Crippen LogP contribution is 2.33. The van der Waals surface area contributed by atoms with E-state index in [0.29, 0.717) is 18.1 Å². The molecule has 1 unspecified atom stereocenters. The van der Waals surface area contributed by atoms with Gasteiger partial charge < -0.3 is 15.8 Å². The number of fused-ring (bicyclic) bond motifs is 1. The van der Waals surface area contributed by atoms with Crippen LogP contribution in [0, 0.1) is 0 Å². The summed E-state index contributed by atoms with van der Waals surface area (Å²) in [6, 6.07) is 7.74. The second kappa shape index (κ2) is 7.24. The molecule has 0 bridgehead atoms. The summed E-state index contributed by atoms with van der Waals surface area (Å²) in [6.45, 7) is 1.26. The molecule has 3 N–H and O–H groups in total. The lowest BCUT2D eigenvalue weighted by Crippen LogP contribution is -2.33. The molecule has 0 aliphatic carbocycles. The fraction of sp³-hybridized carbons (Fsp3) is 0.467. The number of thiocarbonyl (C=S) groups is 1. The molecule has 0 saturated carbocycles. The van der Waals surface area contributed by atoms with Gasteiger partial charge >= 0.3 is 0 Å². The number of benzene rings is 1. The molecule has 2 rings (SSSR count). The zero-order valence-electron chi connectivity index (χ0n) is 11.4. The number of nitrogens with one attached hydrogen (secondary N) is 1. The number of para-hydroxylation sites is 1. The van der Waals surface area contributed by atoms with Crippen molar-refractivity contribution in [2.75, 3.05) is 13.2 Å². The molecule has 1 aliphatic rings. The molecule has 0 saturated heterocycles. The molecular weight excluding hydrogens is 272 g/mol. The lowest BCUT2D eigenvalue weighted by Gasteiger charge is -2.25. The Morgan fingerprint density at radius 3 is 3.00 bits per heavy atom. The van der Waals surface area contributed by atoms with Gasteiger partial charge in [-0.2, -0.15) is 0 Å². The van der Waals surface area contributed by atoms with Crippen LogP contribution in [0.5, 0.6) is 5.75 Å². The second-order valence-electron chi connectivity index (χ2n) is 4.94. The van der Waals surface area contributed by atoms with E-state index in [4.69, 9.17) is 22.7 Å². The van der Waals surface area contributed by atoms with Crippen LogP contribution in [0.4, 0.5) is 0 Å². The summed E-state index contributed by atoms with van der Waals surface area (Å²) < 4.78 is 5.57. The van der Waals surface area contributed by atoms with Crippen LogP contribution in [-0.4, -0.2) is 24.0 Å². The Morgan fingerprint density at radius 2 is 2.20 bits per heavy atom. The van der Waals surface area contributed by atoms with E-state index in [0.717, 1.165) is 37.0 Å². The third kappa shape index (κ3) is 3.93. The topological polar surface area (TPSA) is 64.3 Å². The van der Waals surface area contributed by atoms with Crippen LogP contribution < -0.4 is 15.8 Å². The van der Waals surface area contributed by atoms with E-state index < -0.39 is 0 Å². The average Bonchev–Trinajstić information content (AvgIpc) is 2.45. The average molecular weight is 292 g/mol. The van der Waals surface area contributed by atoms with Crippen LogP contribution >= 0.6 is 12.2 Å². The summed E-state index contributed by atoms with van der Waals surface area (Å²) in [7, 11) is 0. The molecule has 4 nitrogen and oxygen atoms in total. The van der Waals surface area contributed by atoms with Crippen molar-refractivity contribution in [2.24, 2.45) is 5.73 Å². The van der Waals surface area contributed by atoms with Crippen molar-refractivity contribution in [3.05, 3.63) is 29.8 Å². The molecular formula is C15H20N2O2S. The molecule has 0 radical (unpaired) electrons. The molecule has 5 heteroatoms. The van der Waals surface area contributed by atoms with Gasteiger partial charge in [0.25, 0.3) is 0 Å². The van der Waals surface area contributed by atoms with Crippen LogP contribution in [0.1, 0.15) is 37.2 Å². The molecule has 0 spiro atoms. The molecule has 0 aromatic heterocycles. The fourth-order valence-corrected chi connectivity index (χ4v) is 2.52. The van der Waals surface area contributed by atoms with Gasteiger partial charge in [-0.25, -0.2) is 0 Å². The van der Waals surface area contributed by atoms with Gasteiger partial charge in [-0.1, -0.05) is 30.4 Å².